The minimum Gasteiger partial charge on any atom is -0.495 e. The highest BCUT2D eigenvalue weighted by Crippen LogP contribution is 2.28. The van der Waals surface area contributed by atoms with Crippen LogP contribution in [0.3, 0.4) is 0 Å². The molecule has 1 amide bonds. The average molecular weight is 394 g/mol. The molecule has 2 atom stereocenters. The van der Waals surface area contributed by atoms with Crippen LogP contribution in [0.15, 0.2) is 23.1 Å². The molecule has 0 aliphatic carbocycles. The predicted molar refractivity (Wildman–Crippen MR) is 105 cm³/mol. The molecule has 1 heterocycles. The van der Waals surface area contributed by atoms with Crippen LogP contribution in [0.25, 0.3) is 0 Å². The quantitative estimate of drug-likeness (QED) is 0.660. The van der Waals surface area contributed by atoms with Gasteiger partial charge in [-0.2, -0.15) is 0 Å². The van der Waals surface area contributed by atoms with Crippen LogP contribution >= 0.6 is 0 Å². The van der Waals surface area contributed by atoms with Crippen molar-refractivity contribution < 1.29 is 17.9 Å². The van der Waals surface area contributed by atoms with E-state index in [1.54, 1.807) is 11.0 Å². The van der Waals surface area contributed by atoms with Gasteiger partial charge in [0.2, 0.25) is 15.9 Å². The van der Waals surface area contributed by atoms with Crippen molar-refractivity contribution in [2.45, 2.75) is 44.0 Å². The zero-order chi connectivity index (χ0) is 20.0. The van der Waals surface area contributed by atoms with Gasteiger partial charge in [0.25, 0.3) is 0 Å². The van der Waals surface area contributed by atoms with Gasteiger partial charge >= 0.3 is 0 Å². The highest BCUT2D eigenvalue weighted by molar-refractivity contribution is 7.89. The minimum atomic E-state index is -3.83. The number of terminal acetylenes is 1. The molecule has 0 saturated carbocycles. The Kier molecular flexibility index (Phi) is 7.11. The van der Waals surface area contributed by atoms with Crippen molar-refractivity contribution in [1.82, 2.24) is 9.62 Å². The van der Waals surface area contributed by atoms with Crippen LogP contribution in [-0.4, -0.2) is 45.5 Å². The lowest BCUT2D eigenvalue weighted by Crippen LogP contribution is -2.36. The smallest absolute Gasteiger partial charge is 0.244 e. The van der Waals surface area contributed by atoms with Gasteiger partial charge in [0.05, 0.1) is 7.11 Å². The first kappa shape index (κ1) is 21.1. The van der Waals surface area contributed by atoms with Crippen molar-refractivity contribution in [1.29, 1.82) is 0 Å². The summed E-state index contributed by atoms with van der Waals surface area (Å²) in [6, 6.07) is 6.84. The number of hydrogen-bond donors (Lipinski definition) is 2. The van der Waals surface area contributed by atoms with E-state index in [1.807, 2.05) is 13.8 Å². The second kappa shape index (κ2) is 9.11. The Hall–Kier alpha value is -2.24. The van der Waals surface area contributed by atoms with Gasteiger partial charge in [-0.25, -0.2) is 13.1 Å². The molecule has 148 valence electrons. The number of methoxy groups -OCH3 is 1. The third-order valence-corrected chi connectivity index (χ3v) is 6.12. The topological polar surface area (TPSA) is 87.7 Å². The first-order valence-corrected chi connectivity index (χ1v) is 10.5. The molecule has 27 heavy (non-hydrogen) atoms. The van der Waals surface area contributed by atoms with Gasteiger partial charge in [0, 0.05) is 36.8 Å². The number of benzene rings is 1. The molecule has 0 bridgehead atoms. The summed E-state index contributed by atoms with van der Waals surface area (Å²) in [5, 5.41) is 2.78. The van der Waals surface area contributed by atoms with E-state index in [1.165, 1.54) is 19.2 Å². The highest BCUT2D eigenvalue weighted by atomic mass is 32.2. The molecule has 1 aromatic rings. The summed E-state index contributed by atoms with van der Waals surface area (Å²) in [6.07, 6.45) is 7.67. The monoisotopic (exact) mass is 393 g/mol. The van der Waals surface area contributed by atoms with Gasteiger partial charge in [-0.1, -0.05) is 26.7 Å². The largest absolute Gasteiger partial charge is 0.495 e. The Labute approximate surface area is 161 Å². The van der Waals surface area contributed by atoms with Crippen LogP contribution in [0.1, 0.15) is 33.1 Å². The van der Waals surface area contributed by atoms with E-state index >= 15 is 0 Å². The van der Waals surface area contributed by atoms with E-state index in [2.05, 4.69) is 16.1 Å². The fraction of sp³-hybridized carbons (Fsp3) is 0.526. The second-order valence-electron chi connectivity index (χ2n) is 6.73. The van der Waals surface area contributed by atoms with Gasteiger partial charge in [-0.05, 0) is 31.0 Å². The zero-order valence-electron chi connectivity index (χ0n) is 16.0. The Morgan fingerprint density at radius 1 is 1.48 bits per heavy atom. The second-order valence-corrected chi connectivity index (χ2v) is 8.41. The lowest BCUT2D eigenvalue weighted by molar-refractivity contribution is -0.119. The van der Waals surface area contributed by atoms with Gasteiger partial charge in [-0.15, -0.1) is 0 Å². The molecule has 2 unspecified atom stereocenters. The Morgan fingerprint density at radius 3 is 2.81 bits per heavy atom. The molecular weight excluding hydrogens is 366 g/mol. The molecule has 0 aromatic heterocycles. The number of sulfonamides is 1. The minimum absolute atomic E-state index is 0.00916. The first-order chi connectivity index (χ1) is 12.8. The molecule has 0 radical (unpaired) electrons. The molecule has 2 N–H and O–H groups in total. The standard InChI is InChI=1S/C19H27N3O4S/c1-5-7-14(3)19(23)20-15-8-9-17(26-4)18(12-15)27(24,25)21-16-10-11-22(6-2)13-16/h2,8-9,12,14,16,21H,5,7,10-11,13H2,1,3-4H3,(H,20,23). The summed E-state index contributed by atoms with van der Waals surface area (Å²) in [5.41, 5.74) is 0.417. The molecule has 0 spiro atoms. The molecule has 7 nitrogen and oxygen atoms in total. The number of nitrogens with zero attached hydrogens (tertiary/aromatic N) is 1. The lowest BCUT2D eigenvalue weighted by atomic mass is 10.1. The molecule has 1 aliphatic heterocycles. The van der Waals surface area contributed by atoms with Crippen molar-refractivity contribution in [3.63, 3.8) is 0 Å². The number of amides is 1. The van der Waals surface area contributed by atoms with Crippen molar-refractivity contribution >= 4 is 21.6 Å². The number of nitrogens with one attached hydrogen (secondary N) is 2. The summed E-state index contributed by atoms with van der Waals surface area (Å²) in [7, 11) is -2.42. The molecular formula is C19H27N3O4S. The number of carbonyl (C=O) groups excluding carboxylic acids is 1. The number of likely N-dealkylation sites (tertiary alicyclic amines) is 1. The predicted octanol–water partition coefficient (Wildman–Crippen LogP) is 2.01. The molecule has 8 heteroatoms. The molecule has 1 aliphatic rings. The number of hydrogen-bond acceptors (Lipinski definition) is 5. The van der Waals surface area contributed by atoms with Crippen LogP contribution in [-0.2, 0) is 14.8 Å². The van der Waals surface area contributed by atoms with E-state index in [4.69, 9.17) is 11.2 Å². The molecule has 2 rings (SSSR count). The summed E-state index contributed by atoms with van der Waals surface area (Å²) in [4.78, 5) is 14.0. The Balaban J connectivity index is 2.21. The third-order valence-electron chi connectivity index (χ3n) is 4.58. The van der Waals surface area contributed by atoms with Gasteiger partial charge < -0.3 is 15.0 Å². The van der Waals surface area contributed by atoms with Gasteiger partial charge in [-0.3, -0.25) is 4.79 Å². The summed E-state index contributed by atoms with van der Waals surface area (Å²) >= 11 is 0. The van der Waals surface area contributed by atoms with Crippen LogP contribution < -0.4 is 14.8 Å². The van der Waals surface area contributed by atoms with E-state index in [0.717, 1.165) is 12.8 Å². The van der Waals surface area contributed by atoms with E-state index < -0.39 is 10.0 Å². The van der Waals surface area contributed by atoms with E-state index in [9.17, 15) is 13.2 Å². The third kappa shape index (κ3) is 5.37. The van der Waals surface area contributed by atoms with Crippen LogP contribution in [0.2, 0.25) is 0 Å². The maximum Gasteiger partial charge on any atom is 0.244 e. The van der Waals surface area contributed by atoms with Gasteiger partial charge in [0.1, 0.15) is 10.6 Å². The van der Waals surface area contributed by atoms with Crippen molar-refractivity contribution in [2.75, 3.05) is 25.5 Å². The van der Waals surface area contributed by atoms with E-state index in [0.29, 0.717) is 25.2 Å². The van der Waals surface area contributed by atoms with Crippen molar-refractivity contribution in [3.05, 3.63) is 18.2 Å². The van der Waals surface area contributed by atoms with Gasteiger partial charge in [0.15, 0.2) is 0 Å². The molecule has 1 saturated heterocycles. The number of ether oxygens (including phenoxy) is 1. The fourth-order valence-corrected chi connectivity index (χ4v) is 4.51. The normalized spacial score (nSPS) is 18.0. The highest BCUT2D eigenvalue weighted by Gasteiger charge is 2.28. The van der Waals surface area contributed by atoms with Crippen LogP contribution in [0.5, 0.6) is 5.75 Å². The SMILES string of the molecule is C#CN1CCC(NS(=O)(=O)c2cc(NC(=O)C(C)CCC)ccc2OC)C1. The average Bonchev–Trinajstić information content (AvgIpc) is 3.08. The van der Waals surface area contributed by atoms with Crippen molar-refractivity contribution in [3.8, 4) is 18.2 Å². The van der Waals surface area contributed by atoms with Crippen molar-refractivity contribution in [2.24, 2.45) is 5.92 Å². The first-order valence-electron chi connectivity index (χ1n) is 9.03. The zero-order valence-corrected chi connectivity index (χ0v) is 16.8. The maximum atomic E-state index is 12.9. The summed E-state index contributed by atoms with van der Waals surface area (Å²) < 4.78 is 33.6. The molecule has 1 aromatic carbocycles. The molecule has 1 fully saturated rings. The number of carbonyl (C=O) groups is 1. The number of rotatable bonds is 8. The lowest BCUT2D eigenvalue weighted by Gasteiger charge is -2.17. The Bertz CT molecular complexity index is 817. The van der Waals surface area contributed by atoms with Crippen LogP contribution in [0, 0.1) is 18.4 Å². The summed E-state index contributed by atoms with van der Waals surface area (Å²) in [5.74, 6) is -0.0730. The number of anilines is 1. The fourth-order valence-electron chi connectivity index (χ4n) is 3.05. The summed E-state index contributed by atoms with van der Waals surface area (Å²) in [6.45, 7) is 4.96. The van der Waals surface area contributed by atoms with Crippen LogP contribution in [0.4, 0.5) is 5.69 Å². The van der Waals surface area contributed by atoms with E-state index in [-0.39, 0.29) is 28.5 Å². The Morgan fingerprint density at radius 2 is 2.22 bits per heavy atom. The maximum absolute atomic E-state index is 12.9.